The molecule has 0 bridgehead atoms. The van der Waals surface area contributed by atoms with Crippen LogP contribution in [0.4, 0.5) is 5.69 Å². The average molecular weight is 415 g/mol. The Morgan fingerprint density at radius 3 is 2.58 bits per heavy atom. The first-order chi connectivity index (χ1) is 11.3. The number of hydrogen-bond acceptors (Lipinski definition) is 6. The summed E-state index contributed by atoms with van der Waals surface area (Å²) < 4.78 is 34.5. The Hall–Kier alpha value is -1.80. The van der Waals surface area contributed by atoms with Gasteiger partial charge in [-0.15, -0.1) is 0 Å². The lowest BCUT2D eigenvalue weighted by atomic mass is 10.2. The first kappa shape index (κ1) is 18.5. The van der Waals surface area contributed by atoms with E-state index in [2.05, 4.69) is 26.2 Å². The Morgan fingerprint density at radius 1 is 1.29 bits per heavy atom. The van der Waals surface area contributed by atoms with E-state index in [4.69, 9.17) is 9.47 Å². The molecule has 6 nitrogen and oxygen atoms in total. The van der Waals surface area contributed by atoms with Crippen LogP contribution >= 0.6 is 15.9 Å². The Kier molecular flexibility index (Phi) is 6.06. The summed E-state index contributed by atoms with van der Waals surface area (Å²) in [5.41, 5.74) is 1.71. The molecule has 1 heterocycles. The Bertz CT molecular complexity index is 808. The summed E-state index contributed by atoms with van der Waals surface area (Å²) in [6.07, 6.45) is 2.63. The van der Waals surface area contributed by atoms with E-state index in [9.17, 15) is 8.42 Å². The second-order valence-electron chi connectivity index (χ2n) is 5.05. The lowest BCUT2D eigenvalue weighted by Crippen LogP contribution is -2.04. The molecule has 0 aliphatic heterocycles. The van der Waals surface area contributed by atoms with Crippen LogP contribution in [-0.4, -0.2) is 33.4 Å². The number of aromatic nitrogens is 1. The van der Waals surface area contributed by atoms with E-state index in [1.54, 1.807) is 13.2 Å². The van der Waals surface area contributed by atoms with Gasteiger partial charge in [0.05, 0.1) is 30.1 Å². The fourth-order valence-corrected chi connectivity index (χ4v) is 3.23. The van der Waals surface area contributed by atoms with Crippen LogP contribution in [0.3, 0.4) is 0 Å². The molecule has 1 N–H and O–H groups in total. The molecule has 0 spiro atoms. The number of nitrogens with one attached hydrogen (secondary N) is 1. The van der Waals surface area contributed by atoms with Crippen LogP contribution in [0.2, 0.25) is 0 Å². The molecule has 0 saturated heterocycles. The predicted octanol–water partition coefficient (Wildman–Crippen LogP) is 3.27. The summed E-state index contributed by atoms with van der Waals surface area (Å²) in [7, 11) is -1.69. The Morgan fingerprint density at radius 2 is 2.04 bits per heavy atom. The van der Waals surface area contributed by atoms with E-state index < -0.39 is 9.84 Å². The molecule has 0 aliphatic carbocycles. The van der Waals surface area contributed by atoms with Gasteiger partial charge in [-0.05, 0) is 52.7 Å². The summed E-state index contributed by atoms with van der Waals surface area (Å²) >= 11 is 3.49. The van der Waals surface area contributed by atoms with Crippen molar-refractivity contribution >= 4 is 31.5 Å². The van der Waals surface area contributed by atoms with E-state index in [-0.39, 0.29) is 5.03 Å². The fourth-order valence-electron chi connectivity index (χ4n) is 2.07. The summed E-state index contributed by atoms with van der Waals surface area (Å²) in [6.45, 7) is 2.99. The van der Waals surface area contributed by atoms with Crippen LogP contribution in [-0.2, 0) is 16.4 Å². The third kappa shape index (κ3) is 4.61. The number of methoxy groups -OCH3 is 1. The average Bonchev–Trinajstić information content (AvgIpc) is 2.54. The smallest absolute Gasteiger partial charge is 0.192 e. The minimum atomic E-state index is -3.29. The highest BCUT2D eigenvalue weighted by Crippen LogP contribution is 2.36. The summed E-state index contributed by atoms with van der Waals surface area (Å²) in [5.74, 6) is 1.32. The summed E-state index contributed by atoms with van der Waals surface area (Å²) in [4.78, 5) is 3.95. The molecular weight excluding hydrogens is 396 g/mol. The number of sulfone groups is 1. The van der Waals surface area contributed by atoms with Crippen molar-refractivity contribution in [1.29, 1.82) is 0 Å². The van der Waals surface area contributed by atoms with Crippen molar-refractivity contribution in [2.45, 2.75) is 18.5 Å². The van der Waals surface area contributed by atoms with Crippen LogP contribution < -0.4 is 14.8 Å². The SMILES string of the molecule is CCOc1c(Br)cc(CNc2ccc(S(C)(=O)=O)nc2)cc1OC. The molecular formula is C16H19BrN2O4S. The van der Waals surface area contributed by atoms with Gasteiger partial charge in [-0.2, -0.15) is 0 Å². The van der Waals surface area contributed by atoms with E-state index in [0.29, 0.717) is 24.7 Å². The molecule has 0 amide bonds. The molecule has 0 atom stereocenters. The lowest BCUT2D eigenvalue weighted by Gasteiger charge is -2.14. The zero-order valence-corrected chi connectivity index (χ0v) is 16.1. The summed E-state index contributed by atoms with van der Waals surface area (Å²) in [5, 5.41) is 3.25. The first-order valence-electron chi connectivity index (χ1n) is 7.24. The number of rotatable bonds is 7. The van der Waals surface area contributed by atoms with E-state index in [1.807, 2.05) is 19.1 Å². The first-order valence-corrected chi connectivity index (χ1v) is 9.92. The highest BCUT2D eigenvalue weighted by atomic mass is 79.9. The molecule has 0 fully saturated rings. The van der Waals surface area contributed by atoms with Crippen molar-refractivity contribution in [3.8, 4) is 11.5 Å². The Labute approximate surface area is 150 Å². The third-order valence-electron chi connectivity index (χ3n) is 3.19. The van der Waals surface area contributed by atoms with Crippen LogP contribution in [0, 0.1) is 0 Å². The number of pyridine rings is 1. The zero-order chi connectivity index (χ0) is 17.7. The molecule has 0 radical (unpaired) electrons. The monoisotopic (exact) mass is 414 g/mol. The normalized spacial score (nSPS) is 11.2. The number of halogens is 1. The maximum Gasteiger partial charge on any atom is 0.192 e. The van der Waals surface area contributed by atoms with Gasteiger partial charge in [0.25, 0.3) is 0 Å². The van der Waals surface area contributed by atoms with Crippen molar-refractivity contribution in [2.24, 2.45) is 0 Å². The molecule has 2 rings (SSSR count). The highest BCUT2D eigenvalue weighted by Gasteiger charge is 2.12. The van der Waals surface area contributed by atoms with Crippen LogP contribution in [0.25, 0.3) is 0 Å². The van der Waals surface area contributed by atoms with Crippen LogP contribution in [0.1, 0.15) is 12.5 Å². The van der Waals surface area contributed by atoms with Gasteiger partial charge in [0.15, 0.2) is 26.4 Å². The van der Waals surface area contributed by atoms with Gasteiger partial charge < -0.3 is 14.8 Å². The van der Waals surface area contributed by atoms with Gasteiger partial charge in [0.2, 0.25) is 0 Å². The molecule has 1 aromatic carbocycles. The van der Waals surface area contributed by atoms with Gasteiger partial charge in [-0.3, -0.25) is 0 Å². The lowest BCUT2D eigenvalue weighted by molar-refractivity contribution is 0.308. The molecule has 0 saturated carbocycles. The van der Waals surface area contributed by atoms with Crippen molar-refractivity contribution in [2.75, 3.05) is 25.3 Å². The van der Waals surface area contributed by atoms with Crippen LogP contribution in [0.5, 0.6) is 11.5 Å². The number of hydrogen-bond donors (Lipinski definition) is 1. The van der Waals surface area contributed by atoms with Gasteiger partial charge in [0.1, 0.15) is 0 Å². The standard InChI is InChI=1S/C16H19BrN2O4S/c1-4-23-16-13(17)7-11(8-14(16)22-2)9-18-12-5-6-15(19-10-12)24(3,20)21/h5-8,10,18H,4,9H2,1-3H3. The molecule has 1 aromatic heterocycles. The van der Waals surface area contributed by atoms with E-state index in [1.165, 1.54) is 12.3 Å². The fraction of sp³-hybridized carbons (Fsp3) is 0.312. The maximum atomic E-state index is 11.4. The van der Waals surface area contributed by atoms with Crippen LogP contribution in [0.15, 0.2) is 40.0 Å². The molecule has 0 unspecified atom stereocenters. The predicted molar refractivity (Wildman–Crippen MR) is 96.5 cm³/mol. The van der Waals surface area contributed by atoms with Crippen molar-refractivity contribution < 1.29 is 17.9 Å². The van der Waals surface area contributed by atoms with Crippen molar-refractivity contribution in [1.82, 2.24) is 4.98 Å². The van der Waals surface area contributed by atoms with E-state index in [0.717, 1.165) is 22.0 Å². The number of anilines is 1. The molecule has 2 aromatic rings. The van der Waals surface area contributed by atoms with Crippen molar-refractivity contribution in [3.63, 3.8) is 0 Å². The second-order valence-corrected chi connectivity index (χ2v) is 7.87. The van der Waals surface area contributed by atoms with Crippen molar-refractivity contribution in [3.05, 3.63) is 40.5 Å². The topological polar surface area (TPSA) is 77.5 Å². The largest absolute Gasteiger partial charge is 0.493 e. The van der Waals surface area contributed by atoms with Gasteiger partial charge >= 0.3 is 0 Å². The quantitative estimate of drug-likeness (QED) is 0.748. The van der Waals surface area contributed by atoms with Gasteiger partial charge in [-0.1, -0.05) is 0 Å². The molecule has 0 aliphatic rings. The maximum absolute atomic E-state index is 11.4. The van der Waals surface area contributed by atoms with Gasteiger partial charge in [-0.25, -0.2) is 13.4 Å². The van der Waals surface area contributed by atoms with E-state index >= 15 is 0 Å². The van der Waals surface area contributed by atoms with Gasteiger partial charge in [0, 0.05) is 12.8 Å². The highest BCUT2D eigenvalue weighted by molar-refractivity contribution is 9.10. The number of nitrogens with zero attached hydrogens (tertiary/aromatic N) is 1. The molecule has 8 heteroatoms. The second kappa shape index (κ2) is 7.85. The minimum Gasteiger partial charge on any atom is -0.493 e. The molecule has 24 heavy (non-hydrogen) atoms. The third-order valence-corrected chi connectivity index (χ3v) is 4.78. The Balaban J connectivity index is 2.13. The molecule has 130 valence electrons. The number of ether oxygens (including phenoxy) is 2. The number of benzene rings is 1. The zero-order valence-electron chi connectivity index (χ0n) is 13.7. The summed E-state index contributed by atoms with van der Waals surface area (Å²) in [6, 6.07) is 7.00. The minimum absolute atomic E-state index is 0.0542.